The lowest BCUT2D eigenvalue weighted by atomic mass is 9.97. The molecule has 1 heterocycles. The molecule has 0 spiro atoms. The number of halogens is 3. The Morgan fingerprint density at radius 3 is 1.65 bits per heavy atom. The quantitative estimate of drug-likeness (QED) is 0.329. The van der Waals surface area contributed by atoms with Crippen molar-refractivity contribution in [3.63, 3.8) is 0 Å². The van der Waals surface area contributed by atoms with Crippen LogP contribution in [0.5, 0.6) is 0 Å². The van der Waals surface area contributed by atoms with Gasteiger partial charge in [-0.05, 0) is 35.4 Å². The molecular weight excluding hydrogens is 417 g/mol. The summed E-state index contributed by atoms with van der Waals surface area (Å²) < 4.78 is 40.0. The van der Waals surface area contributed by atoms with E-state index in [4.69, 9.17) is 0 Å². The standard InChI is InChI=1S/C20H11F3N4O4/c21-20(22,23)19-24-17-15(11-1-5-13(6-2-11)26(28)29)9-10-16(18(17)25-19)12-3-7-14(8-4-12)27(30)31/h1-10H,(H,24,25). The Hall–Kier alpha value is -4.28. The van der Waals surface area contributed by atoms with Crippen LogP contribution in [0.25, 0.3) is 33.3 Å². The van der Waals surface area contributed by atoms with Gasteiger partial charge in [0.15, 0.2) is 0 Å². The van der Waals surface area contributed by atoms with Crippen LogP contribution in [0.1, 0.15) is 5.82 Å². The number of aromatic amines is 1. The Bertz CT molecular complexity index is 1220. The van der Waals surface area contributed by atoms with E-state index in [1.54, 1.807) is 12.1 Å². The van der Waals surface area contributed by atoms with Crippen LogP contribution in [0.15, 0.2) is 60.7 Å². The van der Waals surface area contributed by atoms with Crippen molar-refractivity contribution in [2.45, 2.75) is 6.18 Å². The van der Waals surface area contributed by atoms with Crippen LogP contribution in [0.2, 0.25) is 0 Å². The number of imidazole rings is 1. The molecule has 0 aliphatic heterocycles. The molecule has 0 fully saturated rings. The van der Waals surface area contributed by atoms with Crippen molar-refractivity contribution in [1.82, 2.24) is 9.97 Å². The van der Waals surface area contributed by atoms with Gasteiger partial charge < -0.3 is 4.98 Å². The molecule has 0 amide bonds. The van der Waals surface area contributed by atoms with Crippen molar-refractivity contribution in [2.24, 2.45) is 0 Å². The van der Waals surface area contributed by atoms with E-state index in [0.29, 0.717) is 22.3 Å². The second kappa shape index (κ2) is 7.20. The molecule has 0 bridgehead atoms. The first-order valence-corrected chi connectivity index (χ1v) is 8.75. The van der Waals surface area contributed by atoms with Crippen molar-refractivity contribution in [1.29, 1.82) is 0 Å². The average Bonchev–Trinajstić information content (AvgIpc) is 3.19. The molecule has 8 nitrogen and oxygen atoms in total. The first-order valence-electron chi connectivity index (χ1n) is 8.75. The van der Waals surface area contributed by atoms with E-state index in [1.165, 1.54) is 48.5 Å². The highest BCUT2D eigenvalue weighted by atomic mass is 19.4. The second-order valence-corrected chi connectivity index (χ2v) is 6.58. The fourth-order valence-electron chi connectivity index (χ4n) is 3.23. The number of nitro benzene ring substituents is 2. The molecule has 156 valence electrons. The van der Waals surface area contributed by atoms with Crippen molar-refractivity contribution in [3.05, 3.63) is 86.7 Å². The van der Waals surface area contributed by atoms with Crippen molar-refractivity contribution < 1.29 is 23.0 Å². The molecule has 0 saturated carbocycles. The normalized spacial score (nSPS) is 11.6. The first-order chi connectivity index (χ1) is 14.6. The number of nitro groups is 2. The molecule has 0 saturated heterocycles. The van der Waals surface area contributed by atoms with Crippen LogP contribution >= 0.6 is 0 Å². The van der Waals surface area contributed by atoms with Crippen LogP contribution in [-0.4, -0.2) is 19.8 Å². The smallest absolute Gasteiger partial charge is 0.334 e. The fraction of sp³-hybridized carbons (Fsp3) is 0.0500. The number of hydrogen-bond donors (Lipinski definition) is 1. The Kier molecular flexibility index (Phi) is 4.65. The van der Waals surface area contributed by atoms with Gasteiger partial charge in [0.1, 0.15) is 0 Å². The zero-order valence-corrected chi connectivity index (χ0v) is 15.4. The zero-order chi connectivity index (χ0) is 22.3. The Balaban J connectivity index is 1.91. The Labute approximate surface area is 171 Å². The van der Waals surface area contributed by atoms with E-state index >= 15 is 0 Å². The number of non-ortho nitro benzene ring substituents is 2. The maximum atomic E-state index is 13.3. The van der Waals surface area contributed by atoms with Crippen molar-refractivity contribution in [3.8, 4) is 22.3 Å². The largest absolute Gasteiger partial charge is 0.449 e. The van der Waals surface area contributed by atoms with E-state index < -0.39 is 21.8 Å². The summed E-state index contributed by atoms with van der Waals surface area (Å²) >= 11 is 0. The second-order valence-electron chi connectivity index (χ2n) is 6.58. The Morgan fingerprint density at radius 1 is 0.742 bits per heavy atom. The number of rotatable bonds is 4. The summed E-state index contributed by atoms with van der Waals surface area (Å²) in [7, 11) is 0. The molecule has 4 rings (SSSR count). The maximum Gasteiger partial charge on any atom is 0.449 e. The minimum Gasteiger partial charge on any atom is -0.334 e. The molecule has 0 aliphatic carbocycles. The number of nitrogens with one attached hydrogen (secondary N) is 1. The van der Waals surface area contributed by atoms with Crippen LogP contribution < -0.4 is 0 Å². The van der Waals surface area contributed by atoms with Crippen LogP contribution in [-0.2, 0) is 6.18 Å². The third-order valence-corrected chi connectivity index (χ3v) is 4.69. The highest BCUT2D eigenvalue weighted by Gasteiger charge is 2.35. The number of fused-ring (bicyclic) bond motifs is 1. The molecule has 0 aliphatic rings. The van der Waals surface area contributed by atoms with E-state index in [9.17, 15) is 33.4 Å². The van der Waals surface area contributed by atoms with E-state index in [0.717, 1.165) is 0 Å². The lowest BCUT2D eigenvalue weighted by Gasteiger charge is -2.08. The number of benzene rings is 3. The highest BCUT2D eigenvalue weighted by molar-refractivity contribution is 6.01. The maximum absolute atomic E-state index is 13.3. The molecule has 11 heteroatoms. The van der Waals surface area contributed by atoms with Gasteiger partial charge in [0.05, 0.1) is 20.9 Å². The predicted octanol–water partition coefficient (Wildman–Crippen LogP) is 5.73. The topological polar surface area (TPSA) is 115 Å². The number of aromatic nitrogens is 2. The molecule has 0 radical (unpaired) electrons. The molecule has 0 unspecified atom stereocenters. The van der Waals surface area contributed by atoms with Gasteiger partial charge in [-0.15, -0.1) is 0 Å². The van der Waals surface area contributed by atoms with Crippen LogP contribution in [0.4, 0.5) is 24.5 Å². The van der Waals surface area contributed by atoms with E-state index in [1.807, 2.05) is 0 Å². The number of hydrogen-bond acceptors (Lipinski definition) is 5. The summed E-state index contributed by atoms with van der Waals surface area (Å²) in [4.78, 5) is 26.6. The van der Waals surface area contributed by atoms with E-state index in [2.05, 4.69) is 9.97 Å². The Morgan fingerprint density at radius 2 is 1.19 bits per heavy atom. The van der Waals surface area contributed by atoms with E-state index in [-0.39, 0.29) is 22.4 Å². The summed E-state index contributed by atoms with van der Waals surface area (Å²) in [6, 6.07) is 13.9. The number of nitrogens with zero attached hydrogens (tertiary/aromatic N) is 3. The molecule has 3 aromatic carbocycles. The SMILES string of the molecule is O=[N+]([O-])c1ccc(-c2ccc(-c3ccc([N+](=O)[O-])cc3)c3[nH]c(C(F)(F)F)nc23)cc1. The monoisotopic (exact) mass is 428 g/mol. The highest BCUT2D eigenvalue weighted by Crippen LogP contribution is 2.38. The third kappa shape index (κ3) is 3.68. The molecule has 31 heavy (non-hydrogen) atoms. The van der Waals surface area contributed by atoms with Gasteiger partial charge >= 0.3 is 6.18 Å². The van der Waals surface area contributed by atoms with Gasteiger partial charge in [-0.2, -0.15) is 13.2 Å². The summed E-state index contributed by atoms with van der Waals surface area (Å²) in [6.45, 7) is 0. The van der Waals surface area contributed by atoms with Crippen molar-refractivity contribution >= 4 is 22.4 Å². The van der Waals surface area contributed by atoms with Gasteiger partial charge in [0.25, 0.3) is 11.4 Å². The van der Waals surface area contributed by atoms with Gasteiger partial charge in [0.2, 0.25) is 5.82 Å². The fourth-order valence-corrected chi connectivity index (χ4v) is 3.23. The molecule has 0 atom stereocenters. The predicted molar refractivity (Wildman–Crippen MR) is 105 cm³/mol. The van der Waals surface area contributed by atoms with Crippen LogP contribution in [0, 0.1) is 20.2 Å². The third-order valence-electron chi connectivity index (χ3n) is 4.69. The minimum atomic E-state index is -4.72. The summed E-state index contributed by atoms with van der Waals surface area (Å²) in [6.07, 6.45) is -4.72. The van der Waals surface area contributed by atoms with Gasteiger partial charge in [0, 0.05) is 35.4 Å². The van der Waals surface area contributed by atoms with Gasteiger partial charge in [-0.1, -0.05) is 12.1 Å². The number of alkyl halides is 3. The van der Waals surface area contributed by atoms with Crippen LogP contribution in [0.3, 0.4) is 0 Å². The summed E-state index contributed by atoms with van der Waals surface area (Å²) in [5.74, 6) is -1.19. The molecule has 1 N–H and O–H groups in total. The zero-order valence-electron chi connectivity index (χ0n) is 15.4. The number of H-pyrrole nitrogens is 1. The molecule has 1 aromatic heterocycles. The average molecular weight is 428 g/mol. The minimum absolute atomic E-state index is 0.0250. The molecule has 4 aromatic rings. The van der Waals surface area contributed by atoms with Gasteiger partial charge in [-0.25, -0.2) is 4.98 Å². The first kappa shape index (κ1) is 20.0. The summed E-state index contributed by atoms with van der Waals surface area (Å²) in [5, 5.41) is 21.7. The van der Waals surface area contributed by atoms with Crippen molar-refractivity contribution in [2.75, 3.05) is 0 Å². The lowest BCUT2D eigenvalue weighted by Crippen LogP contribution is -2.06. The molecular formula is C20H11F3N4O4. The summed E-state index contributed by atoms with van der Waals surface area (Å²) in [5.41, 5.74) is 1.45. The van der Waals surface area contributed by atoms with Gasteiger partial charge in [-0.3, -0.25) is 20.2 Å². The lowest BCUT2D eigenvalue weighted by molar-refractivity contribution is -0.385.